The largest absolute Gasteiger partial charge is 0.482 e. The minimum atomic E-state index is -0.121. The van der Waals surface area contributed by atoms with Gasteiger partial charge in [0.05, 0.1) is 5.69 Å². The molecule has 5 nitrogen and oxygen atoms in total. The van der Waals surface area contributed by atoms with Gasteiger partial charge in [0.25, 0.3) is 5.91 Å². The molecule has 0 saturated carbocycles. The predicted octanol–water partition coefficient (Wildman–Crippen LogP) is 2.74. The molecule has 1 heterocycles. The predicted molar refractivity (Wildman–Crippen MR) is 96.7 cm³/mol. The van der Waals surface area contributed by atoms with Crippen molar-refractivity contribution in [2.75, 3.05) is 18.1 Å². The lowest BCUT2D eigenvalue weighted by Crippen LogP contribution is -2.41. The number of hydrogen-bond donors (Lipinski definition) is 1. The molecule has 5 heteroatoms. The van der Waals surface area contributed by atoms with E-state index in [2.05, 4.69) is 5.32 Å². The summed E-state index contributed by atoms with van der Waals surface area (Å²) < 4.78 is 5.45. The Kier molecular flexibility index (Phi) is 5.03. The molecule has 0 atom stereocenters. The van der Waals surface area contributed by atoms with Crippen molar-refractivity contribution in [2.24, 2.45) is 0 Å². The van der Waals surface area contributed by atoms with Gasteiger partial charge in [-0.1, -0.05) is 35.9 Å². The molecule has 0 saturated heterocycles. The van der Waals surface area contributed by atoms with E-state index in [1.807, 2.05) is 56.3 Å². The second-order valence-corrected chi connectivity index (χ2v) is 6.32. The second-order valence-electron chi connectivity index (χ2n) is 6.32. The fourth-order valence-electron chi connectivity index (χ4n) is 2.77. The molecular weight excluding hydrogens is 316 g/mol. The van der Waals surface area contributed by atoms with Gasteiger partial charge in [0.1, 0.15) is 5.75 Å². The molecule has 2 aromatic carbocycles. The highest BCUT2D eigenvalue weighted by molar-refractivity contribution is 5.98. The number of hydrogen-bond acceptors (Lipinski definition) is 3. The summed E-state index contributed by atoms with van der Waals surface area (Å²) in [6.45, 7) is 4.85. The van der Waals surface area contributed by atoms with Gasteiger partial charge in [-0.2, -0.15) is 0 Å². The van der Waals surface area contributed by atoms with E-state index in [1.54, 1.807) is 4.90 Å². The Morgan fingerprint density at radius 1 is 1.12 bits per heavy atom. The minimum absolute atomic E-state index is 0.0149. The van der Waals surface area contributed by atoms with Gasteiger partial charge in [-0.25, -0.2) is 0 Å². The number of anilines is 1. The second kappa shape index (κ2) is 7.38. The number of benzene rings is 2. The fraction of sp³-hybridized carbons (Fsp3) is 0.300. The Balaban J connectivity index is 1.57. The maximum atomic E-state index is 12.2. The molecular formula is C20H22N2O3. The fourth-order valence-corrected chi connectivity index (χ4v) is 2.77. The van der Waals surface area contributed by atoms with E-state index in [0.717, 1.165) is 16.8 Å². The third-order valence-electron chi connectivity index (χ3n) is 4.23. The standard InChI is InChI=1S/C20H22N2O3/c1-14-3-6-16(7-4-14)12-21-19(23)9-10-22-17-11-15(2)5-8-18(17)25-13-20(22)24/h3-8,11H,9-10,12-13H2,1-2H3,(H,21,23). The number of rotatable bonds is 5. The molecule has 2 aromatic rings. The molecule has 1 aliphatic heterocycles. The summed E-state index contributed by atoms with van der Waals surface area (Å²) in [5.41, 5.74) is 4.03. The topological polar surface area (TPSA) is 58.6 Å². The smallest absolute Gasteiger partial charge is 0.265 e. The van der Waals surface area contributed by atoms with Crippen LogP contribution in [-0.4, -0.2) is 25.0 Å². The van der Waals surface area contributed by atoms with Crippen molar-refractivity contribution in [3.8, 4) is 5.75 Å². The average Bonchev–Trinajstić information content (AvgIpc) is 2.60. The van der Waals surface area contributed by atoms with Gasteiger partial charge in [-0.3, -0.25) is 9.59 Å². The molecule has 0 aliphatic carbocycles. The third-order valence-corrected chi connectivity index (χ3v) is 4.23. The van der Waals surface area contributed by atoms with E-state index >= 15 is 0 Å². The van der Waals surface area contributed by atoms with E-state index in [-0.39, 0.29) is 24.8 Å². The SMILES string of the molecule is Cc1ccc(CNC(=O)CCN2C(=O)COc3ccc(C)cc32)cc1. The average molecular weight is 338 g/mol. The van der Waals surface area contributed by atoms with E-state index in [4.69, 9.17) is 4.74 Å². The lowest BCUT2D eigenvalue weighted by Gasteiger charge is -2.29. The van der Waals surface area contributed by atoms with Crippen LogP contribution in [0.25, 0.3) is 0 Å². The molecule has 130 valence electrons. The number of ether oxygens (including phenoxy) is 1. The van der Waals surface area contributed by atoms with Crippen LogP contribution in [0.2, 0.25) is 0 Å². The Morgan fingerprint density at radius 3 is 2.60 bits per heavy atom. The van der Waals surface area contributed by atoms with E-state index < -0.39 is 0 Å². The summed E-state index contributed by atoms with van der Waals surface area (Å²) in [7, 11) is 0. The van der Waals surface area contributed by atoms with Crippen LogP contribution in [0, 0.1) is 13.8 Å². The summed E-state index contributed by atoms with van der Waals surface area (Å²) in [5, 5.41) is 2.90. The normalized spacial score (nSPS) is 13.2. The molecule has 25 heavy (non-hydrogen) atoms. The van der Waals surface area contributed by atoms with Gasteiger partial charge < -0.3 is 15.0 Å². The van der Waals surface area contributed by atoms with Crippen molar-refractivity contribution in [3.05, 3.63) is 59.2 Å². The number of fused-ring (bicyclic) bond motifs is 1. The van der Waals surface area contributed by atoms with Gasteiger partial charge in [0.2, 0.25) is 5.91 Å². The summed E-state index contributed by atoms with van der Waals surface area (Å²) in [6, 6.07) is 13.8. The number of amides is 2. The zero-order chi connectivity index (χ0) is 17.8. The van der Waals surface area contributed by atoms with Crippen LogP contribution in [0.5, 0.6) is 5.75 Å². The molecule has 0 spiro atoms. The lowest BCUT2D eigenvalue weighted by molar-refractivity contribution is -0.122. The minimum Gasteiger partial charge on any atom is -0.482 e. The van der Waals surface area contributed by atoms with Gasteiger partial charge in [0.15, 0.2) is 6.61 Å². The monoisotopic (exact) mass is 338 g/mol. The maximum absolute atomic E-state index is 12.2. The first-order valence-corrected chi connectivity index (χ1v) is 8.39. The van der Waals surface area contributed by atoms with Crippen LogP contribution < -0.4 is 15.0 Å². The molecule has 3 rings (SSSR count). The summed E-state index contributed by atoms with van der Waals surface area (Å²) in [5.74, 6) is 0.490. The Morgan fingerprint density at radius 2 is 1.84 bits per heavy atom. The summed E-state index contributed by atoms with van der Waals surface area (Å²) in [6.07, 6.45) is 0.255. The van der Waals surface area contributed by atoms with Crippen LogP contribution in [-0.2, 0) is 16.1 Å². The summed E-state index contributed by atoms with van der Waals surface area (Å²) >= 11 is 0. The first-order chi connectivity index (χ1) is 12.0. The Labute approximate surface area is 147 Å². The van der Waals surface area contributed by atoms with E-state index in [0.29, 0.717) is 18.8 Å². The Hall–Kier alpha value is -2.82. The van der Waals surface area contributed by atoms with Crippen LogP contribution in [0.4, 0.5) is 5.69 Å². The first-order valence-electron chi connectivity index (χ1n) is 8.39. The molecule has 0 radical (unpaired) electrons. The van der Waals surface area contributed by atoms with Crippen molar-refractivity contribution < 1.29 is 14.3 Å². The Bertz CT molecular complexity index is 784. The van der Waals surface area contributed by atoms with Crippen molar-refractivity contribution in [1.29, 1.82) is 0 Å². The highest BCUT2D eigenvalue weighted by atomic mass is 16.5. The van der Waals surface area contributed by atoms with Crippen LogP contribution in [0.1, 0.15) is 23.1 Å². The molecule has 0 bridgehead atoms. The number of nitrogens with one attached hydrogen (secondary N) is 1. The molecule has 0 aromatic heterocycles. The zero-order valence-corrected chi connectivity index (χ0v) is 14.5. The maximum Gasteiger partial charge on any atom is 0.265 e. The van der Waals surface area contributed by atoms with Crippen molar-refractivity contribution in [2.45, 2.75) is 26.8 Å². The van der Waals surface area contributed by atoms with Crippen LogP contribution >= 0.6 is 0 Å². The molecule has 1 N–H and O–H groups in total. The third kappa shape index (κ3) is 4.18. The van der Waals surface area contributed by atoms with E-state index in [9.17, 15) is 9.59 Å². The zero-order valence-electron chi connectivity index (χ0n) is 14.5. The molecule has 2 amide bonds. The van der Waals surface area contributed by atoms with Gasteiger partial charge in [0, 0.05) is 19.5 Å². The van der Waals surface area contributed by atoms with Crippen LogP contribution in [0.3, 0.4) is 0 Å². The van der Waals surface area contributed by atoms with Crippen LogP contribution in [0.15, 0.2) is 42.5 Å². The molecule has 1 aliphatic rings. The number of carbonyl (C=O) groups excluding carboxylic acids is 2. The molecule has 0 fully saturated rings. The highest BCUT2D eigenvalue weighted by Crippen LogP contribution is 2.32. The van der Waals surface area contributed by atoms with Crippen molar-refractivity contribution in [1.82, 2.24) is 5.32 Å². The summed E-state index contributed by atoms with van der Waals surface area (Å²) in [4.78, 5) is 25.9. The number of nitrogens with zero attached hydrogens (tertiary/aromatic N) is 1. The van der Waals surface area contributed by atoms with Crippen molar-refractivity contribution in [3.63, 3.8) is 0 Å². The number of aryl methyl sites for hydroxylation is 2. The first kappa shape index (κ1) is 17.0. The van der Waals surface area contributed by atoms with Crippen molar-refractivity contribution >= 4 is 17.5 Å². The lowest BCUT2D eigenvalue weighted by atomic mass is 10.1. The van der Waals surface area contributed by atoms with E-state index in [1.165, 1.54) is 5.56 Å². The quantitative estimate of drug-likeness (QED) is 0.912. The molecule has 0 unspecified atom stereocenters. The van der Waals surface area contributed by atoms with Gasteiger partial charge in [-0.15, -0.1) is 0 Å². The highest BCUT2D eigenvalue weighted by Gasteiger charge is 2.25. The van der Waals surface area contributed by atoms with Gasteiger partial charge in [-0.05, 0) is 37.1 Å². The number of carbonyl (C=O) groups is 2. The van der Waals surface area contributed by atoms with Gasteiger partial charge >= 0.3 is 0 Å².